The van der Waals surface area contributed by atoms with Crippen molar-refractivity contribution in [2.75, 3.05) is 5.73 Å². The van der Waals surface area contributed by atoms with E-state index in [1.807, 2.05) is 0 Å². The van der Waals surface area contributed by atoms with Gasteiger partial charge in [0.2, 0.25) is 0 Å². The summed E-state index contributed by atoms with van der Waals surface area (Å²) in [6, 6.07) is 3.17. The minimum atomic E-state index is -4.42. The second kappa shape index (κ2) is 2.72. The number of rotatable bonds is 1. The van der Waals surface area contributed by atoms with E-state index in [9.17, 15) is 12.8 Å². The van der Waals surface area contributed by atoms with Crippen LogP contribution < -0.4 is 5.73 Å². The van der Waals surface area contributed by atoms with Crippen LogP contribution in [0.4, 0.5) is 10.1 Å². The average Bonchev–Trinajstić information content (AvgIpc) is 1.92. The van der Waals surface area contributed by atoms with Crippen molar-refractivity contribution < 1.29 is 17.4 Å². The molecular formula is C6H6FNO3S. The first-order chi connectivity index (χ1) is 5.43. The van der Waals surface area contributed by atoms with Crippen LogP contribution in [-0.4, -0.2) is 13.0 Å². The van der Waals surface area contributed by atoms with Crippen molar-refractivity contribution in [1.29, 1.82) is 0 Å². The normalized spacial score (nSPS) is 11.5. The Morgan fingerprint density at radius 1 is 1.42 bits per heavy atom. The Balaban J connectivity index is 3.47. The molecule has 12 heavy (non-hydrogen) atoms. The van der Waals surface area contributed by atoms with Crippen molar-refractivity contribution in [3.8, 4) is 0 Å². The van der Waals surface area contributed by atoms with E-state index >= 15 is 0 Å². The summed E-state index contributed by atoms with van der Waals surface area (Å²) in [6.07, 6.45) is 0. The van der Waals surface area contributed by atoms with Gasteiger partial charge in [-0.3, -0.25) is 4.55 Å². The van der Waals surface area contributed by atoms with Gasteiger partial charge in [-0.15, -0.1) is 0 Å². The van der Waals surface area contributed by atoms with Crippen LogP contribution in [0.2, 0.25) is 0 Å². The number of nitrogen functional groups attached to an aromatic ring is 1. The molecule has 0 aliphatic carbocycles. The summed E-state index contributed by atoms with van der Waals surface area (Å²) in [5.74, 6) is -0.870. The van der Waals surface area contributed by atoms with Gasteiger partial charge in [-0.25, -0.2) is 4.39 Å². The second-order valence-corrected chi connectivity index (χ2v) is 3.52. The van der Waals surface area contributed by atoms with Crippen molar-refractivity contribution in [1.82, 2.24) is 0 Å². The minimum absolute atomic E-state index is 0.569. The predicted molar refractivity (Wildman–Crippen MR) is 40.6 cm³/mol. The Kier molecular flexibility index (Phi) is 2.03. The second-order valence-electron chi connectivity index (χ2n) is 2.13. The molecule has 0 fully saturated rings. The van der Waals surface area contributed by atoms with E-state index in [1.165, 1.54) is 0 Å². The molecule has 66 valence electrons. The first kappa shape index (κ1) is 8.95. The number of nitrogens with two attached hydrogens (primary N) is 1. The van der Waals surface area contributed by atoms with Gasteiger partial charge in [0.05, 0.1) is 5.69 Å². The molecule has 0 saturated carbocycles. The molecule has 0 aromatic heterocycles. The smallest absolute Gasteiger partial charge is 0.296 e. The van der Waals surface area contributed by atoms with Crippen molar-refractivity contribution >= 4 is 15.8 Å². The lowest BCUT2D eigenvalue weighted by atomic mass is 10.3. The van der Waals surface area contributed by atoms with E-state index < -0.39 is 26.5 Å². The fourth-order valence-corrected chi connectivity index (χ4v) is 1.37. The number of para-hydroxylation sites is 1. The topological polar surface area (TPSA) is 80.4 Å². The highest BCUT2D eigenvalue weighted by atomic mass is 32.2. The third kappa shape index (κ3) is 1.54. The van der Waals surface area contributed by atoms with Crippen LogP contribution in [0.3, 0.4) is 0 Å². The Bertz CT molecular complexity index is 401. The Labute approximate surface area is 68.6 Å². The Hall–Kier alpha value is -1.14. The molecule has 6 heteroatoms. The zero-order valence-electron chi connectivity index (χ0n) is 5.86. The number of halogens is 1. The first-order valence-electron chi connectivity index (χ1n) is 2.94. The fourth-order valence-electron chi connectivity index (χ4n) is 0.742. The molecule has 1 aromatic rings. The number of anilines is 1. The zero-order chi connectivity index (χ0) is 9.35. The van der Waals surface area contributed by atoms with Gasteiger partial charge in [-0.05, 0) is 12.1 Å². The van der Waals surface area contributed by atoms with Crippen LogP contribution in [0.15, 0.2) is 23.1 Å². The quantitative estimate of drug-likeness (QED) is 0.504. The van der Waals surface area contributed by atoms with E-state index in [4.69, 9.17) is 10.3 Å². The molecule has 0 heterocycles. The third-order valence-corrected chi connectivity index (χ3v) is 2.20. The molecule has 0 bridgehead atoms. The van der Waals surface area contributed by atoms with E-state index in [1.54, 1.807) is 0 Å². The molecule has 4 nitrogen and oxygen atoms in total. The maximum atomic E-state index is 12.6. The molecule has 0 aliphatic heterocycles. The zero-order valence-corrected chi connectivity index (χ0v) is 6.68. The van der Waals surface area contributed by atoms with Crippen LogP contribution in [0.5, 0.6) is 0 Å². The van der Waals surface area contributed by atoms with Crippen molar-refractivity contribution in [3.63, 3.8) is 0 Å². The molecule has 3 N–H and O–H groups in total. The first-order valence-corrected chi connectivity index (χ1v) is 4.38. The van der Waals surface area contributed by atoms with Crippen molar-refractivity contribution in [2.24, 2.45) is 0 Å². The summed E-state index contributed by atoms with van der Waals surface area (Å²) in [4.78, 5) is -0.609. The van der Waals surface area contributed by atoms with E-state index in [-0.39, 0.29) is 0 Å². The third-order valence-electron chi connectivity index (χ3n) is 1.29. The lowest BCUT2D eigenvalue weighted by molar-refractivity contribution is 0.482. The Morgan fingerprint density at radius 3 is 2.42 bits per heavy atom. The summed E-state index contributed by atoms with van der Waals surface area (Å²) in [6.45, 7) is 0. The summed E-state index contributed by atoms with van der Waals surface area (Å²) >= 11 is 0. The molecule has 1 aromatic carbocycles. The van der Waals surface area contributed by atoms with Gasteiger partial charge in [-0.1, -0.05) is 6.07 Å². The van der Waals surface area contributed by atoms with E-state index in [0.717, 1.165) is 18.2 Å². The summed E-state index contributed by atoms with van der Waals surface area (Å²) in [5.41, 5.74) is 4.49. The molecule has 1 rings (SSSR count). The number of hydrogen-bond donors (Lipinski definition) is 2. The van der Waals surface area contributed by atoms with Gasteiger partial charge >= 0.3 is 0 Å². The molecule has 0 radical (unpaired) electrons. The summed E-state index contributed by atoms with van der Waals surface area (Å²) < 4.78 is 42.2. The van der Waals surface area contributed by atoms with Crippen LogP contribution >= 0.6 is 0 Å². The lowest BCUT2D eigenvalue weighted by Crippen LogP contribution is -2.04. The maximum absolute atomic E-state index is 12.6. The van der Waals surface area contributed by atoms with Crippen LogP contribution in [0, 0.1) is 5.82 Å². The van der Waals surface area contributed by atoms with E-state index in [2.05, 4.69) is 0 Å². The van der Waals surface area contributed by atoms with E-state index in [0.29, 0.717) is 0 Å². The molecule has 0 spiro atoms. The SMILES string of the molecule is Nc1c(F)cccc1S(=O)(=O)O. The van der Waals surface area contributed by atoms with Gasteiger partial charge in [0.1, 0.15) is 10.7 Å². The van der Waals surface area contributed by atoms with Crippen LogP contribution in [0.25, 0.3) is 0 Å². The highest BCUT2D eigenvalue weighted by Crippen LogP contribution is 2.20. The van der Waals surface area contributed by atoms with Crippen molar-refractivity contribution in [3.05, 3.63) is 24.0 Å². The summed E-state index contributed by atoms with van der Waals surface area (Å²) in [5, 5.41) is 0. The van der Waals surface area contributed by atoms with Gasteiger partial charge in [0.15, 0.2) is 0 Å². The van der Waals surface area contributed by atoms with Crippen molar-refractivity contribution in [2.45, 2.75) is 4.90 Å². The highest BCUT2D eigenvalue weighted by Gasteiger charge is 2.15. The van der Waals surface area contributed by atoms with Crippen LogP contribution in [-0.2, 0) is 10.1 Å². The Morgan fingerprint density at radius 2 is 2.00 bits per heavy atom. The largest absolute Gasteiger partial charge is 0.395 e. The monoisotopic (exact) mass is 191 g/mol. The summed E-state index contributed by atoms with van der Waals surface area (Å²) in [7, 11) is -4.42. The van der Waals surface area contributed by atoms with Gasteiger partial charge in [-0.2, -0.15) is 8.42 Å². The standard InChI is InChI=1S/C6H6FNO3S/c7-4-2-1-3-5(6(4)8)12(9,10)11/h1-3H,8H2,(H,9,10,11). The molecule has 0 saturated heterocycles. The molecular weight excluding hydrogens is 185 g/mol. The minimum Gasteiger partial charge on any atom is -0.395 e. The maximum Gasteiger partial charge on any atom is 0.296 e. The molecule has 0 atom stereocenters. The average molecular weight is 191 g/mol. The number of hydrogen-bond acceptors (Lipinski definition) is 3. The molecule has 0 unspecified atom stereocenters. The molecule has 0 amide bonds. The predicted octanol–water partition coefficient (Wildman–Crippen LogP) is 0.655. The highest BCUT2D eigenvalue weighted by molar-refractivity contribution is 7.86. The van der Waals surface area contributed by atoms with Gasteiger partial charge < -0.3 is 5.73 Å². The van der Waals surface area contributed by atoms with Crippen LogP contribution in [0.1, 0.15) is 0 Å². The fraction of sp³-hybridized carbons (Fsp3) is 0. The van der Waals surface area contributed by atoms with Gasteiger partial charge in [0, 0.05) is 0 Å². The van der Waals surface area contributed by atoms with Gasteiger partial charge in [0.25, 0.3) is 10.1 Å². The lowest BCUT2D eigenvalue weighted by Gasteiger charge is -2.01. The molecule has 0 aliphatic rings. The number of benzene rings is 1.